The van der Waals surface area contributed by atoms with Crippen LogP contribution in [0.3, 0.4) is 0 Å². The first-order valence-corrected chi connectivity index (χ1v) is 9.07. The number of nitrogens with zero attached hydrogens (tertiary/aromatic N) is 1. The Balaban J connectivity index is 2.06. The highest BCUT2D eigenvalue weighted by atomic mass is 35.5. The highest BCUT2D eigenvalue weighted by Crippen LogP contribution is 2.25. The summed E-state index contributed by atoms with van der Waals surface area (Å²) in [5.74, 6) is 0. The second-order valence-electron chi connectivity index (χ2n) is 4.25. The Hall–Kier alpha value is -0.180. The Morgan fingerprint density at radius 2 is 2.21 bits per heavy atom. The van der Waals surface area contributed by atoms with Gasteiger partial charge >= 0.3 is 0 Å². The van der Waals surface area contributed by atoms with E-state index in [9.17, 15) is 8.42 Å². The summed E-state index contributed by atoms with van der Waals surface area (Å²) < 4.78 is 30.8. The van der Waals surface area contributed by atoms with Gasteiger partial charge < -0.3 is 4.74 Å². The van der Waals surface area contributed by atoms with Crippen molar-refractivity contribution in [3.63, 3.8) is 0 Å². The van der Waals surface area contributed by atoms with Crippen LogP contribution < -0.4 is 4.72 Å². The lowest BCUT2D eigenvalue weighted by Crippen LogP contribution is -2.43. The third-order valence-corrected chi connectivity index (χ3v) is 5.73. The maximum Gasteiger partial charge on any atom is 0.225 e. The van der Waals surface area contributed by atoms with Crippen molar-refractivity contribution in [1.29, 1.82) is 0 Å². The number of hydrogen-bond acceptors (Lipinski definition) is 5. The van der Waals surface area contributed by atoms with E-state index in [0.717, 1.165) is 18.0 Å². The normalized spacial score (nSPS) is 19.4. The molecule has 2 rings (SSSR count). The molecule has 1 atom stereocenters. The third-order valence-electron chi connectivity index (χ3n) is 3.00. The fraction of sp³-hybridized carbons (Fsp3) is 0.636. The first-order valence-electron chi connectivity index (χ1n) is 6.01. The average molecular weight is 325 g/mol. The van der Waals surface area contributed by atoms with Gasteiger partial charge in [0, 0.05) is 24.5 Å². The van der Waals surface area contributed by atoms with Crippen molar-refractivity contribution < 1.29 is 13.2 Å². The van der Waals surface area contributed by atoms with E-state index in [1.54, 1.807) is 11.3 Å². The van der Waals surface area contributed by atoms with Crippen LogP contribution in [0.5, 0.6) is 0 Å². The van der Waals surface area contributed by atoms with Crippen molar-refractivity contribution in [2.45, 2.75) is 6.04 Å². The van der Waals surface area contributed by atoms with Crippen molar-refractivity contribution >= 4 is 33.0 Å². The van der Waals surface area contributed by atoms with Gasteiger partial charge in [-0.05, 0) is 11.4 Å². The summed E-state index contributed by atoms with van der Waals surface area (Å²) in [6.07, 6.45) is 0. The van der Waals surface area contributed by atoms with E-state index in [0.29, 0.717) is 19.8 Å². The first-order chi connectivity index (χ1) is 9.12. The van der Waals surface area contributed by atoms with Gasteiger partial charge in [-0.3, -0.25) is 4.90 Å². The maximum atomic E-state index is 11.5. The van der Waals surface area contributed by atoms with E-state index in [4.69, 9.17) is 16.3 Å². The minimum atomic E-state index is -3.38. The monoisotopic (exact) mass is 324 g/mol. The largest absolute Gasteiger partial charge is 0.379 e. The van der Waals surface area contributed by atoms with E-state index in [-0.39, 0.29) is 6.04 Å². The molecule has 0 aromatic carbocycles. The molecule has 0 amide bonds. The molecule has 1 unspecified atom stereocenters. The summed E-state index contributed by atoms with van der Waals surface area (Å²) in [4.78, 5) is 3.39. The number of sulfonamides is 1. The van der Waals surface area contributed by atoms with Gasteiger partial charge in [-0.1, -0.05) is 6.07 Å². The molecule has 0 aliphatic carbocycles. The predicted molar refractivity (Wildman–Crippen MR) is 77.1 cm³/mol. The summed E-state index contributed by atoms with van der Waals surface area (Å²) in [5.41, 5.74) is 0. The number of morpholine rings is 1. The Labute approximate surface area is 122 Å². The van der Waals surface area contributed by atoms with E-state index < -0.39 is 15.2 Å². The number of hydrogen-bond donors (Lipinski definition) is 1. The maximum absolute atomic E-state index is 11.5. The molecule has 1 fully saturated rings. The molecule has 0 saturated carbocycles. The van der Waals surface area contributed by atoms with Crippen LogP contribution in [0.25, 0.3) is 0 Å². The lowest BCUT2D eigenvalue weighted by Gasteiger charge is -2.34. The Kier molecular flexibility index (Phi) is 5.61. The lowest BCUT2D eigenvalue weighted by molar-refractivity contribution is 0.0179. The van der Waals surface area contributed by atoms with Crippen molar-refractivity contribution in [2.75, 3.05) is 38.1 Å². The number of ether oxygens (including phenoxy) is 1. The molecule has 2 heterocycles. The molecule has 1 aliphatic rings. The van der Waals surface area contributed by atoms with Crippen LogP contribution >= 0.6 is 22.9 Å². The predicted octanol–water partition coefficient (Wildman–Crippen LogP) is 1.24. The van der Waals surface area contributed by atoms with Crippen molar-refractivity contribution in [2.24, 2.45) is 0 Å². The minimum absolute atomic E-state index is 0.0434. The van der Waals surface area contributed by atoms with Crippen LogP contribution in [-0.2, 0) is 14.8 Å². The SMILES string of the molecule is O=S(=O)(CCl)NCC(c1cccs1)N1CCOCC1. The van der Waals surface area contributed by atoms with Crippen LogP contribution in [-0.4, -0.2) is 51.4 Å². The van der Waals surface area contributed by atoms with Gasteiger partial charge in [-0.25, -0.2) is 13.1 Å². The highest BCUT2D eigenvalue weighted by Gasteiger charge is 2.24. The average Bonchev–Trinajstić information content (AvgIpc) is 2.94. The molecule has 1 N–H and O–H groups in total. The van der Waals surface area contributed by atoms with Gasteiger partial charge in [0.2, 0.25) is 10.0 Å². The number of halogens is 1. The van der Waals surface area contributed by atoms with E-state index >= 15 is 0 Å². The van der Waals surface area contributed by atoms with Crippen molar-refractivity contribution in [1.82, 2.24) is 9.62 Å². The molecular formula is C11H17ClN2O3S2. The van der Waals surface area contributed by atoms with Gasteiger partial charge in [-0.15, -0.1) is 22.9 Å². The van der Waals surface area contributed by atoms with Crippen LogP contribution in [0.4, 0.5) is 0 Å². The van der Waals surface area contributed by atoms with Gasteiger partial charge in [-0.2, -0.15) is 0 Å². The standard InChI is InChI=1S/C11H17ClN2O3S2/c12-9-19(15,16)13-8-10(11-2-1-7-18-11)14-3-5-17-6-4-14/h1-2,7,10,13H,3-6,8-9H2. The number of thiophene rings is 1. The summed E-state index contributed by atoms with van der Waals surface area (Å²) in [6, 6.07) is 4.05. The van der Waals surface area contributed by atoms with Crippen molar-refractivity contribution in [3.8, 4) is 0 Å². The molecular weight excluding hydrogens is 308 g/mol. The second-order valence-corrected chi connectivity index (χ2v) is 7.62. The number of rotatable bonds is 6. The van der Waals surface area contributed by atoms with Crippen LogP contribution in [0.15, 0.2) is 17.5 Å². The third kappa shape index (κ3) is 4.40. The fourth-order valence-corrected chi connectivity index (χ4v) is 3.61. The Bertz CT molecular complexity index is 472. The summed E-state index contributed by atoms with van der Waals surface area (Å²) in [7, 11) is -3.38. The fourth-order valence-electron chi connectivity index (χ4n) is 2.02. The molecule has 19 heavy (non-hydrogen) atoms. The van der Waals surface area contributed by atoms with Gasteiger partial charge in [0.25, 0.3) is 0 Å². The molecule has 108 valence electrons. The first kappa shape index (κ1) is 15.2. The summed E-state index contributed by atoms with van der Waals surface area (Å²) >= 11 is 7.04. The summed E-state index contributed by atoms with van der Waals surface area (Å²) in [6.45, 7) is 3.33. The van der Waals surface area contributed by atoms with E-state index in [2.05, 4.69) is 9.62 Å². The van der Waals surface area contributed by atoms with Crippen LogP contribution in [0.2, 0.25) is 0 Å². The molecule has 8 heteroatoms. The lowest BCUT2D eigenvalue weighted by atomic mass is 10.2. The highest BCUT2D eigenvalue weighted by molar-refractivity contribution is 7.90. The van der Waals surface area contributed by atoms with Gasteiger partial charge in [0.1, 0.15) is 5.21 Å². The second kappa shape index (κ2) is 7.01. The molecule has 0 spiro atoms. The zero-order valence-corrected chi connectivity index (χ0v) is 12.8. The van der Waals surface area contributed by atoms with Crippen LogP contribution in [0.1, 0.15) is 10.9 Å². The van der Waals surface area contributed by atoms with Crippen molar-refractivity contribution in [3.05, 3.63) is 22.4 Å². The zero-order valence-electron chi connectivity index (χ0n) is 10.4. The van der Waals surface area contributed by atoms with Crippen LogP contribution in [0, 0.1) is 0 Å². The zero-order chi connectivity index (χ0) is 13.7. The van der Waals surface area contributed by atoms with Gasteiger partial charge in [0.15, 0.2) is 0 Å². The number of nitrogens with one attached hydrogen (secondary N) is 1. The molecule has 0 bridgehead atoms. The van der Waals surface area contributed by atoms with E-state index in [1.165, 1.54) is 0 Å². The van der Waals surface area contributed by atoms with E-state index in [1.807, 2.05) is 17.5 Å². The van der Waals surface area contributed by atoms with Gasteiger partial charge in [0.05, 0.1) is 19.3 Å². The smallest absolute Gasteiger partial charge is 0.225 e. The Morgan fingerprint density at radius 3 is 2.79 bits per heavy atom. The molecule has 1 aromatic rings. The molecule has 1 saturated heterocycles. The summed E-state index contributed by atoms with van der Waals surface area (Å²) in [5, 5.41) is 1.59. The molecule has 5 nitrogen and oxygen atoms in total. The molecule has 0 radical (unpaired) electrons. The molecule has 1 aliphatic heterocycles. The Morgan fingerprint density at radius 1 is 1.47 bits per heavy atom. The topological polar surface area (TPSA) is 58.6 Å². The molecule has 1 aromatic heterocycles. The number of alkyl halides is 1. The minimum Gasteiger partial charge on any atom is -0.379 e. The quantitative estimate of drug-likeness (QED) is 0.800.